The Hall–Kier alpha value is -3.22. The number of carbonyl (C=O) groups excluding carboxylic acids is 1. The van der Waals surface area contributed by atoms with Gasteiger partial charge in [-0.25, -0.2) is 4.98 Å². The molecule has 7 nitrogen and oxygen atoms in total. The Labute approximate surface area is 144 Å². The molecule has 0 aliphatic rings. The summed E-state index contributed by atoms with van der Waals surface area (Å²) in [6, 6.07) is 8.45. The van der Waals surface area contributed by atoms with Crippen LogP contribution in [0, 0.1) is 6.92 Å². The van der Waals surface area contributed by atoms with Crippen molar-refractivity contribution in [2.75, 3.05) is 26.6 Å². The quantitative estimate of drug-likeness (QED) is 0.765. The van der Waals surface area contributed by atoms with Gasteiger partial charge in [0.1, 0.15) is 5.52 Å². The van der Waals surface area contributed by atoms with Crippen molar-refractivity contribution in [1.82, 2.24) is 4.98 Å². The molecule has 1 amide bonds. The molecule has 25 heavy (non-hydrogen) atoms. The largest absolute Gasteiger partial charge is 0.493 e. The highest BCUT2D eigenvalue weighted by molar-refractivity contribution is 6.05. The van der Waals surface area contributed by atoms with Crippen molar-refractivity contribution >= 4 is 22.7 Å². The maximum atomic E-state index is 12.6. The van der Waals surface area contributed by atoms with Gasteiger partial charge in [0.05, 0.1) is 21.3 Å². The molecule has 0 aliphatic heterocycles. The van der Waals surface area contributed by atoms with Gasteiger partial charge in [-0.3, -0.25) is 4.79 Å². The van der Waals surface area contributed by atoms with E-state index in [-0.39, 0.29) is 5.91 Å². The normalized spacial score (nSPS) is 10.6. The number of anilines is 1. The first kappa shape index (κ1) is 16.6. The van der Waals surface area contributed by atoms with Crippen molar-refractivity contribution < 1.29 is 23.4 Å². The number of ether oxygens (including phenoxy) is 3. The van der Waals surface area contributed by atoms with Gasteiger partial charge in [0.2, 0.25) is 5.75 Å². The Morgan fingerprint density at radius 1 is 1.04 bits per heavy atom. The molecule has 0 atom stereocenters. The highest BCUT2D eigenvalue weighted by atomic mass is 16.5. The van der Waals surface area contributed by atoms with Crippen LogP contribution in [0.4, 0.5) is 5.69 Å². The average molecular weight is 342 g/mol. The molecular formula is C18H18N2O5. The van der Waals surface area contributed by atoms with Gasteiger partial charge in [-0.1, -0.05) is 0 Å². The van der Waals surface area contributed by atoms with Crippen LogP contribution in [0.5, 0.6) is 17.2 Å². The average Bonchev–Trinajstić information content (AvgIpc) is 2.99. The molecule has 0 spiro atoms. The predicted molar refractivity (Wildman–Crippen MR) is 92.8 cm³/mol. The number of methoxy groups -OCH3 is 3. The van der Waals surface area contributed by atoms with Gasteiger partial charge in [-0.05, 0) is 30.3 Å². The molecule has 0 radical (unpaired) electrons. The van der Waals surface area contributed by atoms with E-state index in [0.717, 1.165) is 0 Å². The summed E-state index contributed by atoms with van der Waals surface area (Å²) in [5, 5.41) is 2.83. The lowest BCUT2D eigenvalue weighted by atomic mass is 10.1. The fourth-order valence-corrected chi connectivity index (χ4v) is 2.54. The number of hydrogen-bond donors (Lipinski definition) is 1. The first-order valence-electron chi connectivity index (χ1n) is 7.54. The molecule has 3 aromatic rings. The third-order valence-corrected chi connectivity index (χ3v) is 3.68. The van der Waals surface area contributed by atoms with Crippen molar-refractivity contribution in [3.63, 3.8) is 0 Å². The van der Waals surface area contributed by atoms with Gasteiger partial charge in [-0.2, -0.15) is 0 Å². The zero-order valence-electron chi connectivity index (χ0n) is 14.4. The first-order chi connectivity index (χ1) is 12.0. The third-order valence-electron chi connectivity index (χ3n) is 3.68. The fourth-order valence-electron chi connectivity index (χ4n) is 2.54. The Balaban J connectivity index is 1.91. The van der Waals surface area contributed by atoms with Crippen LogP contribution < -0.4 is 19.5 Å². The summed E-state index contributed by atoms with van der Waals surface area (Å²) in [5.41, 5.74) is 2.34. The number of aryl methyl sites for hydroxylation is 1. The Morgan fingerprint density at radius 2 is 1.72 bits per heavy atom. The van der Waals surface area contributed by atoms with Gasteiger partial charge in [-0.15, -0.1) is 0 Å². The van der Waals surface area contributed by atoms with Gasteiger partial charge >= 0.3 is 0 Å². The minimum absolute atomic E-state index is 0.307. The Morgan fingerprint density at radius 3 is 2.32 bits per heavy atom. The highest BCUT2D eigenvalue weighted by Gasteiger charge is 2.17. The second-order valence-electron chi connectivity index (χ2n) is 5.28. The van der Waals surface area contributed by atoms with E-state index in [1.807, 2.05) is 0 Å². The van der Waals surface area contributed by atoms with Crippen LogP contribution in [0.25, 0.3) is 11.1 Å². The molecule has 7 heteroatoms. The van der Waals surface area contributed by atoms with Crippen LogP contribution in [0.3, 0.4) is 0 Å². The van der Waals surface area contributed by atoms with Crippen molar-refractivity contribution in [3.8, 4) is 17.2 Å². The van der Waals surface area contributed by atoms with E-state index in [0.29, 0.717) is 45.5 Å². The Kier molecular flexibility index (Phi) is 4.47. The molecule has 0 fully saturated rings. The van der Waals surface area contributed by atoms with Crippen molar-refractivity contribution in [2.45, 2.75) is 6.92 Å². The topological polar surface area (TPSA) is 82.8 Å². The molecular weight excluding hydrogens is 324 g/mol. The van der Waals surface area contributed by atoms with Crippen molar-refractivity contribution in [2.24, 2.45) is 0 Å². The summed E-state index contributed by atoms with van der Waals surface area (Å²) in [6.45, 7) is 1.77. The molecule has 1 heterocycles. The molecule has 0 saturated heterocycles. The van der Waals surface area contributed by atoms with E-state index in [1.54, 1.807) is 37.3 Å². The SMILES string of the molecule is COc1cc(C(=O)Nc2ccc3oc(C)nc3c2)cc(OC)c1OC. The number of rotatable bonds is 5. The maximum Gasteiger partial charge on any atom is 0.255 e. The molecule has 3 rings (SSSR count). The van der Waals surface area contributed by atoms with E-state index in [9.17, 15) is 4.79 Å². The molecule has 0 bridgehead atoms. The van der Waals surface area contributed by atoms with Crippen LogP contribution in [-0.2, 0) is 0 Å². The van der Waals surface area contributed by atoms with Gasteiger partial charge in [0.15, 0.2) is 23.0 Å². The van der Waals surface area contributed by atoms with E-state index < -0.39 is 0 Å². The van der Waals surface area contributed by atoms with Crippen LogP contribution >= 0.6 is 0 Å². The number of benzene rings is 2. The minimum atomic E-state index is -0.307. The number of carbonyl (C=O) groups is 1. The number of oxazole rings is 1. The molecule has 1 N–H and O–H groups in total. The number of fused-ring (bicyclic) bond motifs is 1. The summed E-state index contributed by atoms with van der Waals surface area (Å²) < 4.78 is 21.2. The number of nitrogens with zero attached hydrogens (tertiary/aromatic N) is 1. The highest BCUT2D eigenvalue weighted by Crippen LogP contribution is 2.38. The van der Waals surface area contributed by atoms with E-state index in [2.05, 4.69) is 10.3 Å². The lowest BCUT2D eigenvalue weighted by molar-refractivity contribution is 0.102. The van der Waals surface area contributed by atoms with E-state index >= 15 is 0 Å². The third kappa shape index (κ3) is 3.21. The Bertz CT molecular complexity index is 907. The minimum Gasteiger partial charge on any atom is -0.493 e. The molecule has 1 aromatic heterocycles. The number of nitrogens with one attached hydrogen (secondary N) is 1. The van der Waals surface area contributed by atoms with Crippen molar-refractivity contribution in [3.05, 3.63) is 41.8 Å². The van der Waals surface area contributed by atoms with Crippen LogP contribution in [-0.4, -0.2) is 32.2 Å². The van der Waals surface area contributed by atoms with Crippen LogP contribution in [0.15, 0.2) is 34.7 Å². The second-order valence-corrected chi connectivity index (χ2v) is 5.28. The first-order valence-corrected chi connectivity index (χ1v) is 7.54. The molecule has 0 saturated carbocycles. The monoisotopic (exact) mass is 342 g/mol. The van der Waals surface area contributed by atoms with Crippen LogP contribution in [0.2, 0.25) is 0 Å². The molecule has 0 unspecified atom stereocenters. The maximum absolute atomic E-state index is 12.6. The van der Waals surface area contributed by atoms with Gasteiger partial charge in [0.25, 0.3) is 5.91 Å². The van der Waals surface area contributed by atoms with Crippen LogP contribution in [0.1, 0.15) is 16.2 Å². The number of amides is 1. The molecule has 130 valence electrons. The van der Waals surface area contributed by atoms with E-state index in [4.69, 9.17) is 18.6 Å². The summed E-state index contributed by atoms with van der Waals surface area (Å²) in [7, 11) is 4.51. The lowest BCUT2D eigenvalue weighted by Gasteiger charge is -2.14. The molecule has 0 aliphatic carbocycles. The zero-order chi connectivity index (χ0) is 18.0. The summed E-state index contributed by atoms with van der Waals surface area (Å²) >= 11 is 0. The second kappa shape index (κ2) is 6.72. The number of aromatic nitrogens is 1. The molecule has 2 aromatic carbocycles. The lowest BCUT2D eigenvalue weighted by Crippen LogP contribution is -2.12. The fraction of sp³-hybridized carbons (Fsp3) is 0.222. The van der Waals surface area contributed by atoms with E-state index in [1.165, 1.54) is 21.3 Å². The van der Waals surface area contributed by atoms with Gasteiger partial charge < -0.3 is 23.9 Å². The summed E-state index contributed by atoms with van der Waals surface area (Å²) in [5.74, 6) is 1.52. The smallest absolute Gasteiger partial charge is 0.255 e. The van der Waals surface area contributed by atoms with Crippen molar-refractivity contribution in [1.29, 1.82) is 0 Å². The number of hydrogen-bond acceptors (Lipinski definition) is 6. The summed E-state index contributed by atoms with van der Waals surface area (Å²) in [4.78, 5) is 16.8. The van der Waals surface area contributed by atoms with Gasteiger partial charge in [0, 0.05) is 18.2 Å². The predicted octanol–water partition coefficient (Wildman–Crippen LogP) is 3.41. The zero-order valence-corrected chi connectivity index (χ0v) is 14.4. The summed E-state index contributed by atoms with van der Waals surface area (Å²) in [6.07, 6.45) is 0. The standard InChI is InChI=1S/C18H18N2O5/c1-10-19-13-9-12(5-6-14(13)25-10)20-18(21)11-7-15(22-2)17(24-4)16(8-11)23-3/h5-9H,1-4H3,(H,20,21).